The molecule has 2 aromatic rings. The lowest BCUT2D eigenvalue weighted by molar-refractivity contribution is 0.627. The van der Waals surface area contributed by atoms with E-state index in [-0.39, 0.29) is 5.82 Å². The Balaban J connectivity index is 1.67. The Labute approximate surface area is 135 Å². The van der Waals surface area contributed by atoms with Crippen molar-refractivity contribution in [2.24, 2.45) is 0 Å². The quantitative estimate of drug-likeness (QED) is 0.777. The SMILES string of the molecule is Fc1cc(Cl)c(NCC2Cc3ccccc3S2)c(Br)c1. The third kappa shape index (κ3) is 2.97. The van der Waals surface area contributed by atoms with E-state index < -0.39 is 0 Å². The van der Waals surface area contributed by atoms with Crippen molar-refractivity contribution < 1.29 is 4.39 Å². The van der Waals surface area contributed by atoms with E-state index in [9.17, 15) is 4.39 Å². The number of hydrogen-bond donors (Lipinski definition) is 1. The first-order chi connectivity index (χ1) is 9.63. The molecule has 0 spiro atoms. The minimum Gasteiger partial charge on any atom is -0.382 e. The van der Waals surface area contributed by atoms with Gasteiger partial charge in [0, 0.05) is 21.2 Å². The lowest BCUT2D eigenvalue weighted by atomic mass is 10.1. The summed E-state index contributed by atoms with van der Waals surface area (Å²) in [6.07, 6.45) is 1.05. The first-order valence-electron chi connectivity index (χ1n) is 6.26. The van der Waals surface area contributed by atoms with E-state index in [2.05, 4.69) is 45.5 Å². The van der Waals surface area contributed by atoms with Crippen molar-refractivity contribution in [2.45, 2.75) is 16.6 Å². The summed E-state index contributed by atoms with van der Waals surface area (Å²) in [5.74, 6) is -0.338. The highest BCUT2D eigenvalue weighted by Crippen LogP contribution is 2.38. The molecule has 3 rings (SSSR count). The van der Waals surface area contributed by atoms with E-state index in [0.717, 1.165) is 18.7 Å². The van der Waals surface area contributed by atoms with Gasteiger partial charge in [0.05, 0.1) is 10.7 Å². The summed E-state index contributed by atoms with van der Waals surface area (Å²) < 4.78 is 13.8. The molecule has 2 aromatic carbocycles. The first-order valence-corrected chi connectivity index (χ1v) is 8.31. The molecule has 1 N–H and O–H groups in total. The Kier molecular flexibility index (Phi) is 4.24. The zero-order chi connectivity index (χ0) is 14.1. The number of thioether (sulfide) groups is 1. The van der Waals surface area contributed by atoms with Crippen LogP contribution in [0.1, 0.15) is 5.56 Å². The van der Waals surface area contributed by atoms with Crippen molar-refractivity contribution in [2.75, 3.05) is 11.9 Å². The van der Waals surface area contributed by atoms with Crippen molar-refractivity contribution >= 4 is 45.0 Å². The van der Waals surface area contributed by atoms with Gasteiger partial charge in [0.1, 0.15) is 5.82 Å². The Morgan fingerprint density at radius 1 is 1.35 bits per heavy atom. The number of hydrogen-bond acceptors (Lipinski definition) is 2. The zero-order valence-corrected chi connectivity index (χ0v) is 13.7. The molecule has 1 nitrogen and oxygen atoms in total. The number of anilines is 1. The molecule has 104 valence electrons. The van der Waals surface area contributed by atoms with Crippen LogP contribution in [-0.2, 0) is 6.42 Å². The maximum atomic E-state index is 13.2. The summed E-state index contributed by atoms with van der Waals surface area (Å²) in [6, 6.07) is 11.2. The predicted octanol–water partition coefficient (Wildman–Crippen LogP) is 5.37. The number of benzene rings is 2. The minimum atomic E-state index is -0.338. The van der Waals surface area contributed by atoms with Gasteiger partial charge in [-0.2, -0.15) is 0 Å². The Hall–Kier alpha value is -0.710. The Bertz CT molecular complexity index is 602. The zero-order valence-electron chi connectivity index (χ0n) is 10.5. The van der Waals surface area contributed by atoms with Gasteiger partial charge >= 0.3 is 0 Å². The monoisotopic (exact) mass is 371 g/mol. The number of halogens is 3. The second kappa shape index (κ2) is 5.96. The third-order valence-electron chi connectivity index (χ3n) is 3.23. The summed E-state index contributed by atoms with van der Waals surface area (Å²) in [5, 5.41) is 4.19. The van der Waals surface area contributed by atoms with E-state index in [1.807, 2.05) is 11.8 Å². The third-order valence-corrected chi connectivity index (χ3v) is 5.47. The lowest BCUT2D eigenvalue weighted by Crippen LogP contribution is -2.16. The van der Waals surface area contributed by atoms with Crippen LogP contribution in [0.3, 0.4) is 0 Å². The van der Waals surface area contributed by atoms with E-state index >= 15 is 0 Å². The van der Waals surface area contributed by atoms with Crippen LogP contribution in [-0.4, -0.2) is 11.8 Å². The molecule has 0 radical (unpaired) electrons. The summed E-state index contributed by atoms with van der Waals surface area (Å²) >= 11 is 11.3. The maximum absolute atomic E-state index is 13.2. The van der Waals surface area contributed by atoms with E-state index in [1.165, 1.54) is 22.6 Å². The largest absolute Gasteiger partial charge is 0.382 e. The number of nitrogens with one attached hydrogen (secondary N) is 1. The molecular formula is C15H12BrClFNS. The van der Waals surface area contributed by atoms with E-state index in [0.29, 0.717) is 14.7 Å². The second-order valence-electron chi connectivity index (χ2n) is 4.68. The van der Waals surface area contributed by atoms with Crippen LogP contribution in [0.5, 0.6) is 0 Å². The average molecular weight is 373 g/mol. The van der Waals surface area contributed by atoms with Gasteiger partial charge in [-0.3, -0.25) is 0 Å². The van der Waals surface area contributed by atoms with Gasteiger partial charge in [0.25, 0.3) is 0 Å². The van der Waals surface area contributed by atoms with Crippen LogP contribution in [0.15, 0.2) is 45.8 Å². The van der Waals surface area contributed by atoms with E-state index in [4.69, 9.17) is 11.6 Å². The number of rotatable bonds is 3. The minimum absolute atomic E-state index is 0.338. The Morgan fingerprint density at radius 3 is 2.90 bits per heavy atom. The fourth-order valence-electron chi connectivity index (χ4n) is 2.29. The van der Waals surface area contributed by atoms with Gasteiger partial charge in [-0.05, 0) is 46.1 Å². The highest BCUT2D eigenvalue weighted by atomic mass is 79.9. The molecule has 0 bridgehead atoms. The smallest absolute Gasteiger partial charge is 0.125 e. The standard InChI is InChI=1S/C15H12BrClFNS/c16-12-6-10(18)7-13(17)15(12)19-8-11-5-9-3-1-2-4-14(9)20-11/h1-4,6-7,11,19H,5,8H2. The van der Waals surface area contributed by atoms with Gasteiger partial charge < -0.3 is 5.32 Å². The fourth-order valence-corrected chi connectivity index (χ4v) is 4.50. The highest BCUT2D eigenvalue weighted by molar-refractivity contribution is 9.10. The molecule has 0 amide bonds. The molecular weight excluding hydrogens is 361 g/mol. The van der Waals surface area contributed by atoms with Crippen LogP contribution in [0, 0.1) is 5.82 Å². The van der Waals surface area contributed by atoms with Crippen molar-refractivity contribution in [3.8, 4) is 0 Å². The fraction of sp³-hybridized carbons (Fsp3) is 0.200. The van der Waals surface area contributed by atoms with Crippen molar-refractivity contribution in [3.63, 3.8) is 0 Å². The van der Waals surface area contributed by atoms with Crippen molar-refractivity contribution in [1.82, 2.24) is 0 Å². The molecule has 0 aliphatic carbocycles. The highest BCUT2D eigenvalue weighted by Gasteiger charge is 2.22. The average Bonchev–Trinajstić information content (AvgIpc) is 2.80. The Morgan fingerprint density at radius 2 is 2.15 bits per heavy atom. The molecule has 1 unspecified atom stereocenters. The molecule has 0 saturated heterocycles. The van der Waals surface area contributed by atoms with Crippen LogP contribution >= 0.6 is 39.3 Å². The lowest BCUT2D eigenvalue weighted by Gasteiger charge is -2.14. The second-order valence-corrected chi connectivity index (χ2v) is 7.28. The molecule has 1 heterocycles. The van der Waals surface area contributed by atoms with Gasteiger partial charge in [-0.1, -0.05) is 29.8 Å². The van der Waals surface area contributed by atoms with Gasteiger partial charge in [0.15, 0.2) is 0 Å². The first kappa shape index (κ1) is 14.2. The summed E-state index contributed by atoms with van der Waals surface area (Å²) in [5.41, 5.74) is 2.15. The molecule has 1 atom stereocenters. The van der Waals surface area contributed by atoms with Gasteiger partial charge in [-0.25, -0.2) is 4.39 Å². The molecule has 1 aliphatic heterocycles. The van der Waals surface area contributed by atoms with Crippen LogP contribution < -0.4 is 5.32 Å². The van der Waals surface area contributed by atoms with Crippen LogP contribution in [0.4, 0.5) is 10.1 Å². The summed E-state index contributed by atoms with van der Waals surface area (Å²) in [6.45, 7) is 0.795. The molecule has 5 heteroatoms. The predicted molar refractivity (Wildman–Crippen MR) is 87.4 cm³/mol. The topological polar surface area (TPSA) is 12.0 Å². The molecule has 0 saturated carbocycles. The van der Waals surface area contributed by atoms with Crippen molar-refractivity contribution in [3.05, 3.63) is 57.3 Å². The number of fused-ring (bicyclic) bond motifs is 1. The van der Waals surface area contributed by atoms with Gasteiger partial charge in [-0.15, -0.1) is 11.8 Å². The summed E-state index contributed by atoms with van der Waals surface area (Å²) in [4.78, 5) is 1.35. The summed E-state index contributed by atoms with van der Waals surface area (Å²) in [7, 11) is 0. The van der Waals surface area contributed by atoms with E-state index in [1.54, 1.807) is 0 Å². The van der Waals surface area contributed by atoms with Crippen LogP contribution in [0.2, 0.25) is 5.02 Å². The van der Waals surface area contributed by atoms with Crippen molar-refractivity contribution in [1.29, 1.82) is 0 Å². The van der Waals surface area contributed by atoms with Gasteiger partial charge in [0.2, 0.25) is 0 Å². The molecule has 1 aliphatic rings. The normalized spacial score (nSPS) is 17.1. The van der Waals surface area contributed by atoms with Crippen LogP contribution in [0.25, 0.3) is 0 Å². The molecule has 0 fully saturated rings. The molecule has 20 heavy (non-hydrogen) atoms. The molecule has 0 aromatic heterocycles. The maximum Gasteiger partial charge on any atom is 0.125 e.